The molecule has 0 saturated heterocycles. The Hall–Kier alpha value is -1.95. The first-order valence-electron chi connectivity index (χ1n) is 4.16. The number of hydrogen-bond donors (Lipinski definition) is 2. The van der Waals surface area contributed by atoms with Gasteiger partial charge in [0.1, 0.15) is 0 Å². The molecule has 0 saturated carbocycles. The van der Waals surface area contributed by atoms with Crippen LogP contribution in [0.2, 0.25) is 0 Å². The van der Waals surface area contributed by atoms with Gasteiger partial charge in [0.25, 0.3) is 5.95 Å². The Morgan fingerprint density at radius 1 is 1.29 bits per heavy atom. The molecule has 0 spiro atoms. The maximum atomic E-state index is 5.72. The van der Waals surface area contributed by atoms with Crippen molar-refractivity contribution < 1.29 is 0 Å². The molecule has 1 aromatic heterocycles. The molecule has 2 aromatic rings. The molecule has 1 aromatic carbocycles. The van der Waals surface area contributed by atoms with Crippen molar-refractivity contribution in [2.24, 2.45) is 5.84 Å². The van der Waals surface area contributed by atoms with Crippen LogP contribution in [0.25, 0.3) is 0 Å². The van der Waals surface area contributed by atoms with Gasteiger partial charge in [-0.15, -0.1) is 5.10 Å². The number of H-pyrrole nitrogens is 1. The van der Waals surface area contributed by atoms with E-state index in [0.717, 1.165) is 5.56 Å². The van der Waals surface area contributed by atoms with Crippen LogP contribution in [0.1, 0.15) is 5.56 Å². The highest BCUT2D eigenvalue weighted by Gasteiger charge is 2.05. The van der Waals surface area contributed by atoms with E-state index in [9.17, 15) is 0 Å². The Balaban J connectivity index is 2.06. The first-order valence-corrected chi connectivity index (χ1v) is 4.16. The maximum absolute atomic E-state index is 5.72. The van der Waals surface area contributed by atoms with Crippen molar-refractivity contribution >= 4 is 5.95 Å². The van der Waals surface area contributed by atoms with Crippen LogP contribution < -0.4 is 10.9 Å². The number of nitrogens with one attached hydrogen (secondary N) is 1. The van der Waals surface area contributed by atoms with Crippen LogP contribution in [-0.2, 0) is 6.54 Å². The summed E-state index contributed by atoms with van der Waals surface area (Å²) >= 11 is 0. The number of anilines is 1. The summed E-state index contributed by atoms with van der Waals surface area (Å²) in [5, 5.41) is 14.7. The number of benzene rings is 1. The minimum absolute atomic E-state index is 0.383. The third kappa shape index (κ3) is 1.86. The molecule has 0 amide bonds. The van der Waals surface area contributed by atoms with Crippen LogP contribution in [0.4, 0.5) is 5.95 Å². The molecule has 6 nitrogen and oxygen atoms in total. The number of hydrazine groups is 1. The number of aromatic amines is 1. The lowest BCUT2D eigenvalue weighted by Crippen LogP contribution is -2.31. The molecule has 0 bridgehead atoms. The predicted octanol–water partition coefficient (Wildman–Crippen LogP) is 0.0800. The van der Waals surface area contributed by atoms with Crippen molar-refractivity contribution in [2.45, 2.75) is 6.54 Å². The van der Waals surface area contributed by atoms with E-state index >= 15 is 0 Å². The molecular weight excluding hydrogens is 180 g/mol. The predicted molar refractivity (Wildman–Crippen MR) is 51.0 cm³/mol. The SMILES string of the molecule is NN(Cc1ccccc1)c1nn[nH]n1. The Kier molecular flexibility index (Phi) is 2.37. The quantitative estimate of drug-likeness (QED) is 0.529. The zero-order valence-electron chi connectivity index (χ0n) is 7.46. The standard InChI is InChI=1S/C8H10N6/c9-14(8-10-12-13-11-8)6-7-4-2-1-3-5-7/h1-5H,6,9H2,(H,10,11,12,13). The van der Waals surface area contributed by atoms with Gasteiger partial charge in [-0.3, -0.25) is 5.01 Å². The average Bonchev–Trinajstić information content (AvgIpc) is 2.72. The van der Waals surface area contributed by atoms with E-state index < -0.39 is 0 Å². The van der Waals surface area contributed by atoms with Gasteiger partial charge in [-0.05, 0) is 10.8 Å². The molecule has 0 unspecified atom stereocenters. The van der Waals surface area contributed by atoms with Crippen molar-refractivity contribution in [1.29, 1.82) is 0 Å². The fraction of sp³-hybridized carbons (Fsp3) is 0.125. The number of tetrazole rings is 1. The third-order valence-corrected chi connectivity index (χ3v) is 1.79. The maximum Gasteiger partial charge on any atom is 0.279 e. The number of hydrogen-bond acceptors (Lipinski definition) is 5. The number of nitrogens with two attached hydrogens (primary N) is 1. The molecule has 0 aliphatic rings. The minimum Gasteiger partial charge on any atom is -0.272 e. The monoisotopic (exact) mass is 190 g/mol. The van der Waals surface area contributed by atoms with Crippen LogP contribution in [-0.4, -0.2) is 20.6 Å². The smallest absolute Gasteiger partial charge is 0.272 e. The van der Waals surface area contributed by atoms with E-state index in [2.05, 4.69) is 20.6 Å². The van der Waals surface area contributed by atoms with Crippen LogP contribution >= 0.6 is 0 Å². The Labute approximate surface area is 80.7 Å². The summed E-state index contributed by atoms with van der Waals surface area (Å²) in [4.78, 5) is 0. The second-order valence-corrected chi connectivity index (χ2v) is 2.83. The van der Waals surface area contributed by atoms with Gasteiger partial charge < -0.3 is 0 Å². The molecule has 1 heterocycles. The van der Waals surface area contributed by atoms with Crippen molar-refractivity contribution in [3.8, 4) is 0 Å². The zero-order valence-corrected chi connectivity index (χ0v) is 7.46. The van der Waals surface area contributed by atoms with Gasteiger partial charge in [-0.2, -0.15) is 5.21 Å². The summed E-state index contributed by atoms with van der Waals surface area (Å²) in [5.74, 6) is 6.10. The molecule has 3 N–H and O–H groups in total. The summed E-state index contributed by atoms with van der Waals surface area (Å²) in [6.45, 7) is 0.556. The summed E-state index contributed by atoms with van der Waals surface area (Å²) in [5.41, 5.74) is 1.10. The van der Waals surface area contributed by atoms with E-state index in [1.807, 2.05) is 30.3 Å². The topological polar surface area (TPSA) is 83.7 Å². The summed E-state index contributed by atoms with van der Waals surface area (Å²) in [7, 11) is 0. The normalized spacial score (nSPS) is 10.1. The first kappa shape index (κ1) is 8.64. The lowest BCUT2D eigenvalue weighted by Gasteiger charge is -2.12. The lowest BCUT2D eigenvalue weighted by molar-refractivity contribution is 0.810. The fourth-order valence-corrected chi connectivity index (χ4v) is 1.13. The second kappa shape index (κ2) is 3.84. The van der Waals surface area contributed by atoms with E-state index in [4.69, 9.17) is 5.84 Å². The molecular formula is C8H10N6. The van der Waals surface area contributed by atoms with Crippen LogP contribution in [0.3, 0.4) is 0 Å². The summed E-state index contributed by atoms with van der Waals surface area (Å²) < 4.78 is 0. The van der Waals surface area contributed by atoms with E-state index in [0.29, 0.717) is 12.5 Å². The highest BCUT2D eigenvalue weighted by molar-refractivity contribution is 5.26. The van der Waals surface area contributed by atoms with E-state index in [1.54, 1.807) is 0 Å². The third-order valence-electron chi connectivity index (χ3n) is 1.79. The van der Waals surface area contributed by atoms with Crippen LogP contribution in [0.15, 0.2) is 30.3 Å². The van der Waals surface area contributed by atoms with Gasteiger partial charge in [0.2, 0.25) is 0 Å². The average molecular weight is 190 g/mol. The molecule has 0 atom stereocenters. The molecule has 14 heavy (non-hydrogen) atoms. The van der Waals surface area contributed by atoms with Gasteiger partial charge in [0.05, 0.1) is 6.54 Å². The highest BCUT2D eigenvalue weighted by atomic mass is 15.6. The molecule has 2 rings (SSSR count). The molecule has 72 valence electrons. The summed E-state index contributed by atoms with van der Waals surface area (Å²) in [6, 6.07) is 9.84. The van der Waals surface area contributed by atoms with Crippen molar-refractivity contribution in [2.75, 3.05) is 5.01 Å². The van der Waals surface area contributed by atoms with Crippen LogP contribution in [0, 0.1) is 0 Å². The number of rotatable bonds is 3. The van der Waals surface area contributed by atoms with Crippen molar-refractivity contribution in [3.05, 3.63) is 35.9 Å². The number of aromatic nitrogens is 4. The minimum atomic E-state index is 0.383. The van der Waals surface area contributed by atoms with Gasteiger partial charge >= 0.3 is 0 Å². The van der Waals surface area contributed by atoms with Gasteiger partial charge in [-0.25, -0.2) is 5.84 Å². The highest BCUT2D eigenvalue weighted by Crippen LogP contribution is 2.05. The van der Waals surface area contributed by atoms with Gasteiger partial charge in [0.15, 0.2) is 0 Å². The van der Waals surface area contributed by atoms with Gasteiger partial charge in [-0.1, -0.05) is 35.4 Å². The fourth-order valence-electron chi connectivity index (χ4n) is 1.13. The van der Waals surface area contributed by atoms with Crippen molar-refractivity contribution in [1.82, 2.24) is 20.6 Å². The molecule has 0 aliphatic carbocycles. The Morgan fingerprint density at radius 3 is 2.71 bits per heavy atom. The zero-order chi connectivity index (χ0) is 9.80. The van der Waals surface area contributed by atoms with Crippen molar-refractivity contribution in [3.63, 3.8) is 0 Å². The number of nitrogens with zero attached hydrogens (tertiary/aromatic N) is 4. The second-order valence-electron chi connectivity index (χ2n) is 2.83. The molecule has 0 radical (unpaired) electrons. The van der Waals surface area contributed by atoms with Crippen LogP contribution in [0.5, 0.6) is 0 Å². The lowest BCUT2D eigenvalue weighted by atomic mass is 10.2. The first-order chi connectivity index (χ1) is 6.86. The van der Waals surface area contributed by atoms with E-state index in [-0.39, 0.29) is 0 Å². The molecule has 6 heteroatoms. The Bertz CT molecular complexity index is 370. The Morgan fingerprint density at radius 2 is 2.07 bits per heavy atom. The molecule has 0 aliphatic heterocycles. The molecule has 0 fully saturated rings. The summed E-state index contributed by atoms with van der Waals surface area (Å²) in [6.07, 6.45) is 0. The largest absolute Gasteiger partial charge is 0.279 e. The van der Waals surface area contributed by atoms with E-state index in [1.165, 1.54) is 5.01 Å². The van der Waals surface area contributed by atoms with Gasteiger partial charge in [0, 0.05) is 0 Å².